The van der Waals surface area contributed by atoms with Gasteiger partial charge in [0.15, 0.2) is 0 Å². The van der Waals surface area contributed by atoms with Gasteiger partial charge in [-0.05, 0) is 44.9 Å². The molecule has 1 saturated heterocycles. The number of piperidine rings is 1. The first-order chi connectivity index (χ1) is 8.74. The minimum absolute atomic E-state index is 0.372. The lowest BCUT2D eigenvalue weighted by Crippen LogP contribution is -2.48. The van der Waals surface area contributed by atoms with Crippen LogP contribution in [0.3, 0.4) is 0 Å². The molecule has 0 aliphatic carbocycles. The van der Waals surface area contributed by atoms with Crippen molar-refractivity contribution in [2.75, 3.05) is 13.2 Å². The second-order valence-corrected chi connectivity index (χ2v) is 4.99. The number of nitrogens with one attached hydrogen (secondary N) is 1. The van der Waals surface area contributed by atoms with Gasteiger partial charge in [0.25, 0.3) is 0 Å². The van der Waals surface area contributed by atoms with Gasteiger partial charge in [0.2, 0.25) is 0 Å². The van der Waals surface area contributed by atoms with E-state index >= 15 is 0 Å². The van der Waals surface area contributed by atoms with Crippen molar-refractivity contribution < 1.29 is 4.74 Å². The Balaban J connectivity index is 1.84. The summed E-state index contributed by atoms with van der Waals surface area (Å²) < 4.78 is 5.70. The zero-order valence-corrected chi connectivity index (χ0v) is 10.9. The van der Waals surface area contributed by atoms with Crippen LogP contribution in [0.25, 0.3) is 0 Å². The number of hydrogen-bond donors (Lipinski definition) is 1. The normalized spacial score (nSPS) is 23.3. The average Bonchev–Trinajstić information content (AvgIpc) is 2.42. The van der Waals surface area contributed by atoms with Crippen LogP contribution in [0.4, 0.5) is 0 Å². The fourth-order valence-corrected chi connectivity index (χ4v) is 2.31. The molecule has 0 amide bonds. The summed E-state index contributed by atoms with van der Waals surface area (Å²) in [7, 11) is 0. The zero-order valence-electron chi connectivity index (χ0n) is 10.9. The first-order valence-corrected chi connectivity index (χ1v) is 6.60. The fourth-order valence-electron chi connectivity index (χ4n) is 2.31. The van der Waals surface area contributed by atoms with E-state index in [1.54, 1.807) is 0 Å². The van der Waals surface area contributed by atoms with Crippen LogP contribution in [0.5, 0.6) is 5.75 Å². The molecule has 1 atom stereocenters. The molecule has 1 unspecified atom stereocenters. The van der Waals surface area contributed by atoms with Crippen molar-refractivity contribution in [1.82, 2.24) is 5.32 Å². The van der Waals surface area contributed by atoms with Crippen molar-refractivity contribution in [3.63, 3.8) is 0 Å². The highest BCUT2D eigenvalue weighted by atomic mass is 16.5. The molecule has 1 heterocycles. The van der Waals surface area contributed by atoms with Crippen LogP contribution in [0, 0.1) is 18.3 Å². The van der Waals surface area contributed by atoms with E-state index in [2.05, 4.69) is 18.3 Å². The highest BCUT2D eigenvalue weighted by Gasteiger charge is 2.31. The molecule has 18 heavy (non-hydrogen) atoms. The molecule has 0 saturated carbocycles. The minimum atomic E-state index is -0.372. The molecule has 3 nitrogen and oxygen atoms in total. The lowest BCUT2D eigenvalue weighted by atomic mass is 9.87. The van der Waals surface area contributed by atoms with Crippen molar-refractivity contribution >= 4 is 0 Å². The molecule has 96 valence electrons. The number of hydrogen-bond acceptors (Lipinski definition) is 3. The van der Waals surface area contributed by atoms with Crippen molar-refractivity contribution in [2.45, 2.75) is 38.1 Å². The summed E-state index contributed by atoms with van der Waals surface area (Å²) in [5.41, 5.74) is 0.855. The smallest absolute Gasteiger partial charge is 0.119 e. The molecule has 3 heteroatoms. The number of aryl methyl sites for hydroxylation is 1. The molecule has 0 spiro atoms. The number of nitriles is 1. The van der Waals surface area contributed by atoms with Gasteiger partial charge in [0.05, 0.1) is 12.7 Å². The van der Waals surface area contributed by atoms with Crippen LogP contribution >= 0.6 is 0 Å². The van der Waals surface area contributed by atoms with E-state index in [-0.39, 0.29) is 5.54 Å². The van der Waals surface area contributed by atoms with Crippen LogP contribution in [-0.2, 0) is 0 Å². The summed E-state index contributed by atoms with van der Waals surface area (Å²) in [5.74, 6) is 0.879. The van der Waals surface area contributed by atoms with Crippen molar-refractivity contribution in [3.05, 3.63) is 29.8 Å². The number of nitrogens with zero attached hydrogens (tertiary/aromatic N) is 1. The Hall–Kier alpha value is -1.53. The van der Waals surface area contributed by atoms with E-state index in [4.69, 9.17) is 4.74 Å². The van der Waals surface area contributed by atoms with Gasteiger partial charge in [-0.1, -0.05) is 17.7 Å². The molecule has 0 aromatic heterocycles. The van der Waals surface area contributed by atoms with E-state index in [1.165, 1.54) is 12.0 Å². The molecule has 1 aromatic rings. The summed E-state index contributed by atoms with van der Waals surface area (Å²) in [4.78, 5) is 0. The van der Waals surface area contributed by atoms with Gasteiger partial charge in [0.1, 0.15) is 11.3 Å². The molecule has 1 aromatic carbocycles. The standard InChI is InChI=1S/C15H20N2O/c1-13-4-6-14(7-5-13)18-11-9-15(12-16)8-2-3-10-17-15/h4-7,17H,2-3,8-11H2,1H3. The van der Waals surface area contributed by atoms with Crippen LogP contribution in [0.1, 0.15) is 31.2 Å². The molecule has 1 N–H and O–H groups in total. The van der Waals surface area contributed by atoms with Gasteiger partial charge < -0.3 is 4.74 Å². The Bertz CT molecular complexity index is 413. The van der Waals surface area contributed by atoms with Gasteiger partial charge in [-0.25, -0.2) is 0 Å². The Morgan fingerprint density at radius 3 is 2.72 bits per heavy atom. The van der Waals surface area contributed by atoms with E-state index in [0.29, 0.717) is 6.61 Å². The fraction of sp³-hybridized carbons (Fsp3) is 0.533. The predicted octanol–water partition coefficient (Wildman–Crippen LogP) is 2.80. The molecule has 2 rings (SSSR count). The van der Waals surface area contributed by atoms with Crippen LogP contribution in [0.15, 0.2) is 24.3 Å². The van der Waals surface area contributed by atoms with E-state index in [1.807, 2.05) is 24.3 Å². The van der Waals surface area contributed by atoms with Crippen LogP contribution in [0.2, 0.25) is 0 Å². The maximum absolute atomic E-state index is 9.31. The van der Waals surface area contributed by atoms with Gasteiger partial charge in [-0.3, -0.25) is 5.32 Å². The van der Waals surface area contributed by atoms with Crippen LogP contribution in [-0.4, -0.2) is 18.7 Å². The Morgan fingerprint density at radius 2 is 2.11 bits per heavy atom. The number of rotatable bonds is 4. The second-order valence-electron chi connectivity index (χ2n) is 4.99. The first-order valence-electron chi connectivity index (χ1n) is 6.60. The maximum atomic E-state index is 9.31. The zero-order chi connectivity index (χ0) is 12.8. The lowest BCUT2D eigenvalue weighted by Gasteiger charge is -2.31. The topological polar surface area (TPSA) is 45.0 Å². The molecular weight excluding hydrogens is 224 g/mol. The maximum Gasteiger partial charge on any atom is 0.119 e. The third-order valence-corrected chi connectivity index (χ3v) is 3.53. The molecule has 1 fully saturated rings. The highest BCUT2D eigenvalue weighted by Crippen LogP contribution is 2.22. The highest BCUT2D eigenvalue weighted by molar-refractivity contribution is 5.26. The molecule has 0 bridgehead atoms. The van der Waals surface area contributed by atoms with Crippen molar-refractivity contribution in [3.8, 4) is 11.8 Å². The summed E-state index contributed by atoms with van der Waals surface area (Å²) in [6.07, 6.45) is 3.98. The summed E-state index contributed by atoms with van der Waals surface area (Å²) in [6.45, 7) is 3.59. The van der Waals surface area contributed by atoms with Crippen LogP contribution < -0.4 is 10.1 Å². The van der Waals surface area contributed by atoms with E-state index in [0.717, 1.165) is 31.6 Å². The lowest BCUT2D eigenvalue weighted by molar-refractivity contribution is 0.231. The second kappa shape index (κ2) is 5.88. The minimum Gasteiger partial charge on any atom is -0.493 e. The van der Waals surface area contributed by atoms with Gasteiger partial charge in [-0.2, -0.15) is 5.26 Å². The molecular formula is C15H20N2O. The third kappa shape index (κ3) is 3.24. The predicted molar refractivity (Wildman–Crippen MR) is 71.5 cm³/mol. The summed E-state index contributed by atoms with van der Waals surface area (Å²) in [5, 5.41) is 12.6. The Kier molecular flexibility index (Phi) is 4.22. The van der Waals surface area contributed by atoms with Crippen molar-refractivity contribution in [1.29, 1.82) is 5.26 Å². The molecule has 1 aliphatic rings. The van der Waals surface area contributed by atoms with E-state index < -0.39 is 0 Å². The summed E-state index contributed by atoms with van der Waals surface area (Å²) in [6, 6.07) is 10.4. The first kappa shape index (κ1) is 12.9. The monoisotopic (exact) mass is 244 g/mol. The largest absolute Gasteiger partial charge is 0.493 e. The Labute approximate surface area is 109 Å². The van der Waals surface area contributed by atoms with Gasteiger partial charge >= 0.3 is 0 Å². The van der Waals surface area contributed by atoms with Gasteiger partial charge in [0, 0.05) is 6.42 Å². The van der Waals surface area contributed by atoms with Gasteiger partial charge in [-0.15, -0.1) is 0 Å². The van der Waals surface area contributed by atoms with E-state index in [9.17, 15) is 5.26 Å². The quantitative estimate of drug-likeness (QED) is 0.885. The third-order valence-electron chi connectivity index (χ3n) is 3.53. The summed E-state index contributed by atoms with van der Waals surface area (Å²) >= 11 is 0. The number of ether oxygens (including phenoxy) is 1. The average molecular weight is 244 g/mol. The number of benzene rings is 1. The Morgan fingerprint density at radius 1 is 1.33 bits per heavy atom. The molecule has 0 radical (unpaired) electrons. The molecule has 1 aliphatic heterocycles. The van der Waals surface area contributed by atoms with Crippen molar-refractivity contribution in [2.24, 2.45) is 0 Å². The SMILES string of the molecule is Cc1ccc(OCCC2(C#N)CCCCN2)cc1.